The third-order valence-electron chi connectivity index (χ3n) is 5.28. The second-order valence-corrected chi connectivity index (χ2v) is 6.86. The molecule has 3 atom stereocenters. The Morgan fingerprint density at radius 1 is 1.16 bits per heavy atom. The third kappa shape index (κ3) is 2.47. The molecule has 2 aromatic rings. The fraction of sp³-hybridized carbons (Fsp3) is 0.300. The van der Waals surface area contributed by atoms with E-state index >= 15 is 0 Å². The maximum atomic E-state index is 13.0. The average Bonchev–Trinajstić information content (AvgIpc) is 2.61. The van der Waals surface area contributed by atoms with E-state index in [4.69, 9.17) is 4.74 Å². The zero-order valence-electron chi connectivity index (χ0n) is 14.2. The zero-order valence-corrected chi connectivity index (χ0v) is 14.2. The van der Waals surface area contributed by atoms with Gasteiger partial charge in [0.2, 0.25) is 11.8 Å². The molecule has 2 heterocycles. The molecule has 2 bridgehead atoms. The van der Waals surface area contributed by atoms with Crippen molar-refractivity contribution in [3.8, 4) is 5.75 Å². The zero-order chi connectivity index (χ0) is 17.6. The molecular formula is C20H20N2O3. The highest BCUT2D eigenvalue weighted by Gasteiger charge is 2.54. The maximum absolute atomic E-state index is 13.0. The van der Waals surface area contributed by atoms with Gasteiger partial charge in [0.05, 0.1) is 0 Å². The number of nitrogens with one attached hydrogen (secondary N) is 1. The Morgan fingerprint density at radius 2 is 1.84 bits per heavy atom. The summed E-state index contributed by atoms with van der Waals surface area (Å²) in [5, 5.41) is 2.88. The van der Waals surface area contributed by atoms with Gasteiger partial charge in [-0.2, -0.15) is 0 Å². The molecule has 1 saturated heterocycles. The second kappa shape index (κ2) is 5.62. The Morgan fingerprint density at radius 3 is 2.60 bits per heavy atom. The number of amides is 2. The molecule has 2 aliphatic rings. The topological polar surface area (TPSA) is 58.6 Å². The molecule has 128 valence electrons. The summed E-state index contributed by atoms with van der Waals surface area (Å²) in [7, 11) is 1.70. The lowest BCUT2D eigenvalue weighted by Gasteiger charge is -2.51. The molecule has 0 aromatic heterocycles. The van der Waals surface area contributed by atoms with E-state index in [2.05, 4.69) is 5.32 Å². The Bertz CT molecular complexity index is 836. The molecule has 4 rings (SSSR count). The fourth-order valence-electron chi connectivity index (χ4n) is 3.83. The molecule has 2 amide bonds. The molecule has 0 radical (unpaired) electrons. The number of para-hydroxylation sites is 2. The summed E-state index contributed by atoms with van der Waals surface area (Å²) < 4.78 is 6.09. The smallest absolute Gasteiger partial charge is 0.238 e. The number of likely N-dealkylation sites (tertiary alicyclic amines) is 1. The SMILES string of the molecule is CN1C(=O)[C@H](C(=O)Nc2ccccc2)[C@H]2C[C@@]1(C)Oc1ccccc12. The molecule has 2 aromatic carbocycles. The van der Waals surface area contributed by atoms with Gasteiger partial charge in [0.1, 0.15) is 11.7 Å². The summed E-state index contributed by atoms with van der Waals surface area (Å²) in [5.74, 6) is -0.683. The molecule has 0 unspecified atom stereocenters. The van der Waals surface area contributed by atoms with Crippen LogP contribution in [0.5, 0.6) is 5.75 Å². The van der Waals surface area contributed by atoms with E-state index in [1.54, 1.807) is 11.9 Å². The van der Waals surface area contributed by atoms with Gasteiger partial charge in [-0.25, -0.2) is 0 Å². The third-order valence-corrected chi connectivity index (χ3v) is 5.28. The van der Waals surface area contributed by atoms with Gasteiger partial charge in [-0.1, -0.05) is 36.4 Å². The summed E-state index contributed by atoms with van der Waals surface area (Å²) in [4.78, 5) is 27.5. The normalized spacial score (nSPS) is 27.3. The largest absolute Gasteiger partial charge is 0.468 e. The number of carbonyl (C=O) groups is 2. The number of carbonyl (C=O) groups excluding carboxylic acids is 2. The van der Waals surface area contributed by atoms with E-state index in [9.17, 15) is 9.59 Å². The van der Waals surface area contributed by atoms with Crippen LogP contribution in [-0.4, -0.2) is 29.5 Å². The van der Waals surface area contributed by atoms with Crippen molar-refractivity contribution in [2.75, 3.05) is 12.4 Å². The Labute approximate surface area is 146 Å². The Hall–Kier alpha value is -2.82. The Kier molecular flexibility index (Phi) is 3.53. The van der Waals surface area contributed by atoms with E-state index in [0.29, 0.717) is 12.1 Å². The number of piperidine rings is 1. The first-order chi connectivity index (χ1) is 12.0. The summed E-state index contributed by atoms with van der Waals surface area (Å²) in [6.07, 6.45) is 0.596. The van der Waals surface area contributed by atoms with Crippen molar-refractivity contribution in [3.05, 3.63) is 60.2 Å². The van der Waals surface area contributed by atoms with E-state index in [1.807, 2.05) is 61.5 Å². The monoisotopic (exact) mass is 336 g/mol. The summed E-state index contributed by atoms with van der Waals surface area (Å²) in [5.41, 5.74) is 0.894. The first kappa shape index (κ1) is 15.7. The van der Waals surface area contributed by atoms with Gasteiger partial charge < -0.3 is 15.0 Å². The minimum absolute atomic E-state index is 0.192. The van der Waals surface area contributed by atoms with E-state index < -0.39 is 11.6 Å². The highest BCUT2D eigenvalue weighted by molar-refractivity contribution is 6.08. The molecular weight excluding hydrogens is 316 g/mol. The van der Waals surface area contributed by atoms with Crippen molar-refractivity contribution in [2.45, 2.75) is 25.0 Å². The van der Waals surface area contributed by atoms with Crippen molar-refractivity contribution < 1.29 is 14.3 Å². The quantitative estimate of drug-likeness (QED) is 0.858. The van der Waals surface area contributed by atoms with Gasteiger partial charge in [0, 0.05) is 25.1 Å². The van der Waals surface area contributed by atoms with Gasteiger partial charge in [0.15, 0.2) is 5.72 Å². The predicted octanol–water partition coefficient (Wildman–Crippen LogP) is 3.00. The summed E-state index contributed by atoms with van der Waals surface area (Å²) in [6, 6.07) is 16.9. The fourth-order valence-corrected chi connectivity index (χ4v) is 3.83. The van der Waals surface area contributed by atoms with Gasteiger partial charge in [-0.05, 0) is 30.7 Å². The number of ether oxygens (including phenoxy) is 1. The molecule has 5 heteroatoms. The molecule has 25 heavy (non-hydrogen) atoms. The van der Waals surface area contributed by atoms with Gasteiger partial charge >= 0.3 is 0 Å². The highest BCUT2D eigenvalue weighted by atomic mass is 16.5. The Balaban J connectivity index is 1.73. The number of fused-ring (bicyclic) bond motifs is 4. The molecule has 0 aliphatic carbocycles. The standard InChI is InChI=1S/C20H20N2O3/c1-20-12-15(14-10-6-7-11-16(14)25-20)17(19(24)22(20)2)18(23)21-13-8-4-3-5-9-13/h3-11,15,17H,12H2,1-2H3,(H,21,23)/t15-,17-,20+/m0/s1. The number of hydrogen-bond acceptors (Lipinski definition) is 3. The van der Waals surface area contributed by atoms with Crippen LogP contribution >= 0.6 is 0 Å². The van der Waals surface area contributed by atoms with Crippen molar-refractivity contribution in [3.63, 3.8) is 0 Å². The van der Waals surface area contributed by atoms with Crippen molar-refractivity contribution >= 4 is 17.5 Å². The number of nitrogens with zero attached hydrogens (tertiary/aromatic N) is 1. The van der Waals surface area contributed by atoms with E-state index in [1.165, 1.54) is 0 Å². The maximum Gasteiger partial charge on any atom is 0.238 e. The molecule has 5 nitrogen and oxygen atoms in total. The average molecular weight is 336 g/mol. The number of anilines is 1. The van der Waals surface area contributed by atoms with Crippen LogP contribution in [0.2, 0.25) is 0 Å². The molecule has 1 N–H and O–H groups in total. The van der Waals surface area contributed by atoms with Crippen LogP contribution in [0.15, 0.2) is 54.6 Å². The van der Waals surface area contributed by atoms with Gasteiger partial charge in [0.25, 0.3) is 0 Å². The lowest BCUT2D eigenvalue weighted by atomic mass is 9.73. The van der Waals surface area contributed by atoms with Crippen LogP contribution in [0.25, 0.3) is 0 Å². The van der Waals surface area contributed by atoms with Crippen LogP contribution < -0.4 is 10.1 Å². The van der Waals surface area contributed by atoms with Crippen LogP contribution in [0.4, 0.5) is 5.69 Å². The number of hydrogen-bond donors (Lipinski definition) is 1. The lowest BCUT2D eigenvalue weighted by molar-refractivity contribution is -0.170. The number of benzene rings is 2. The first-order valence-electron chi connectivity index (χ1n) is 8.41. The van der Waals surface area contributed by atoms with E-state index in [-0.39, 0.29) is 17.7 Å². The predicted molar refractivity (Wildman–Crippen MR) is 94.2 cm³/mol. The minimum atomic E-state index is -0.761. The number of rotatable bonds is 2. The summed E-state index contributed by atoms with van der Waals surface area (Å²) in [6.45, 7) is 1.90. The van der Waals surface area contributed by atoms with Crippen molar-refractivity contribution in [2.24, 2.45) is 5.92 Å². The van der Waals surface area contributed by atoms with Crippen LogP contribution in [-0.2, 0) is 9.59 Å². The van der Waals surface area contributed by atoms with Gasteiger partial charge in [-0.3, -0.25) is 9.59 Å². The van der Waals surface area contributed by atoms with E-state index in [0.717, 1.165) is 11.3 Å². The molecule has 0 spiro atoms. The van der Waals surface area contributed by atoms with Crippen molar-refractivity contribution in [1.82, 2.24) is 4.90 Å². The van der Waals surface area contributed by atoms with Crippen LogP contribution in [0.3, 0.4) is 0 Å². The molecule has 1 fully saturated rings. The molecule has 0 saturated carbocycles. The summed E-state index contributed by atoms with van der Waals surface area (Å²) >= 11 is 0. The highest BCUT2D eigenvalue weighted by Crippen LogP contribution is 2.49. The van der Waals surface area contributed by atoms with Gasteiger partial charge in [-0.15, -0.1) is 0 Å². The van der Waals surface area contributed by atoms with Crippen molar-refractivity contribution in [1.29, 1.82) is 0 Å². The lowest BCUT2D eigenvalue weighted by Crippen LogP contribution is -2.62. The van der Waals surface area contributed by atoms with Crippen LogP contribution in [0, 0.1) is 5.92 Å². The minimum Gasteiger partial charge on any atom is -0.468 e. The second-order valence-electron chi connectivity index (χ2n) is 6.86. The van der Waals surface area contributed by atoms with Crippen LogP contribution in [0.1, 0.15) is 24.8 Å². The first-order valence-corrected chi connectivity index (χ1v) is 8.41. The molecule has 2 aliphatic heterocycles.